The van der Waals surface area contributed by atoms with Crippen LogP contribution in [0.2, 0.25) is 0 Å². The van der Waals surface area contributed by atoms with Gasteiger partial charge in [0.25, 0.3) is 0 Å². The fourth-order valence-electron chi connectivity index (χ4n) is 1.97. The lowest BCUT2D eigenvalue weighted by Gasteiger charge is -2.18. The van der Waals surface area contributed by atoms with Crippen LogP contribution in [0, 0.1) is 0 Å². The maximum absolute atomic E-state index is 12.1. The molecule has 0 unspecified atom stereocenters. The SMILES string of the molecule is CN1C(=O)Cc2cc(S(=O)(=O)NCC(C)(C)O)ccc21. The normalized spacial score (nSPS) is 15.6. The molecular formula is C13H18N2O4S. The van der Waals surface area contributed by atoms with Gasteiger partial charge in [-0.15, -0.1) is 0 Å². The van der Waals surface area contributed by atoms with Gasteiger partial charge in [0.2, 0.25) is 15.9 Å². The Kier molecular flexibility index (Phi) is 3.62. The third kappa shape index (κ3) is 3.00. The average Bonchev–Trinajstić information content (AvgIpc) is 2.62. The highest BCUT2D eigenvalue weighted by molar-refractivity contribution is 7.89. The standard InChI is InChI=1S/C13H18N2O4S/c1-13(2,17)8-14-20(18,19)10-4-5-11-9(6-10)7-12(16)15(11)3/h4-6,14,17H,7-8H2,1-3H3. The lowest BCUT2D eigenvalue weighted by Crippen LogP contribution is -2.38. The maximum atomic E-state index is 12.1. The first-order valence-corrected chi connectivity index (χ1v) is 7.70. The number of hydrogen-bond donors (Lipinski definition) is 2. The van der Waals surface area contributed by atoms with Crippen molar-refractivity contribution in [1.29, 1.82) is 0 Å². The van der Waals surface area contributed by atoms with Crippen molar-refractivity contribution in [1.82, 2.24) is 4.72 Å². The van der Waals surface area contributed by atoms with Crippen LogP contribution in [-0.4, -0.2) is 38.6 Å². The van der Waals surface area contributed by atoms with Gasteiger partial charge in [0.15, 0.2) is 0 Å². The van der Waals surface area contributed by atoms with E-state index in [-0.39, 0.29) is 23.8 Å². The second kappa shape index (κ2) is 4.83. The Morgan fingerprint density at radius 2 is 2.05 bits per heavy atom. The van der Waals surface area contributed by atoms with Crippen molar-refractivity contribution in [3.05, 3.63) is 23.8 Å². The molecule has 6 nitrogen and oxygen atoms in total. The lowest BCUT2D eigenvalue weighted by atomic mass is 10.1. The van der Waals surface area contributed by atoms with E-state index in [2.05, 4.69) is 4.72 Å². The molecule has 0 bridgehead atoms. The molecule has 110 valence electrons. The second-order valence-corrected chi connectivity index (χ2v) is 7.32. The van der Waals surface area contributed by atoms with Crippen LogP contribution >= 0.6 is 0 Å². The van der Waals surface area contributed by atoms with E-state index in [0.29, 0.717) is 5.56 Å². The molecule has 2 rings (SSSR count). The van der Waals surface area contributed by atoms with Crippen molar-refractivity contribution in [3.63, 3.8) is 0 Å². The fraction of sp³-hybridized carbons (Fsp3) is 0.462. The minimum atomic E-state index is -3.69. The van der Waals surface area contributed by atoms with Gasteiger partial charge in [-0.25, -0.2) is 13.1 Å². The van der Waals surface area contributed by atoms with Gasteiger partial charge >= 0.3 is 0 Å². The summed E-state index contributed by atoms with van der Waals surface area (Å²) in [4.78, 5) is 13.2. The molecule has 1 aliphatic heterocycles. The molecule has 1 amide bonds. The van der Waals surface area contributed by atoms with Crippen LogP contribution in [0.5, 0.6) is 0 Å². The molecule has 0 saturated heterocycles. The summed E-state index contributed by atoms with van der Waals surface area (Å²) in [5.41, 5.74) is 0.306. The number of fused-ring (bicyclic) bond motifs is 1. The Hall–Kier alpha value is -1.44. The van der Waals surface area contributed by atoms with E-state index in [4.69, 9.17) is 0 Å². The zero-order chi connectivity index (χ0) is 15.1. The molecule has 0 atom stereocenters. The van der Waals surface area contributed by atoms with E-state index < -0.39 is 15.6 Å². The van der Waals surface area contributed by atoms with Crippen molar-refractivity contribution in [2.75, 3.05) is 18.5 Å². The molecule has 20 heavy (non-hydrogen) atoms. The zero-order valence-corrected chi connectivity index (χ0v) is 12.5. The Labute approximate surface area is 118 Å². The average molecular weight is 298 g/mol. The fourth-order valence-corrected chi connectivity index (χ4v) is 3.22. The number of sulfonamides is 1. The van der Waals surface area contributed by atoms with E-state index in [1.165, 1.54) is 30.9 Å². The van der Waals surface area contributed by atoms with Gasteiger partial charge in [-0.1, -0.05) is 0 Å². The maximum Gasteiger partial charge on any atom is 0.240 e. The van der Waals surface area contributed by atoms with Crippen molar-refractivity contribution >= 4 is 21.6 Å². The first kappa shape index (κ1) is 15.0. The summed E-state index contributed by atoms with van der Waals surface area (Å²) in [6.45, 7) is 2.96. The van der Waals surface area contributed by atoms with Crippen LogP contribution in [0.25, 0.3) is 0 Å². The van der Waals surface area contributed by atoms with Crippen LogP contribution in [0.15, 0.2) is 23.1 Å². The third-order valence-electron chi connectivity index (χ3n) is 3.13. The van der Waals surface area contributed by atoms with E-state index in [0.717, 1.165) is 5.69 Å². The van der Waals surface area contributed by atoms with Crippen LogP contribution in [-0.2, 0) is 21.2 Å². The number of carbonyl (C=O) groups is 1. The monoisotopic (exact) mass is 298 g/mol. The number of nitrogens with one attached hydrogen (secondary N) is 1. The van der Waals surface area contributed by atoms with Gasteiger partial charge in [-0.05, 0) is 37.6 Å². The zero-order valence-electron chi connectivity index (χ0n) is 11.7. The number of hydrogen-bond acceptors (Lipinski definition) is 4. The molecule has 0 spiro atoms. The molecule has 0 fully saturated rings. The summed E-state index contributed by atoms with van der Waals surface area (Å²) < 4.78 is 26.6. The van der Waals surface area contributed by atoms with Crippen LogP contribution in [0.4, 0.5) is 5.69 Å². The van der Waals surface area contributed by atoms with Crippen molar-refractivity contribution < 1.29 is 18.3 Å². The molecule has 7 heteroatoms. The van der Waals surface area contributed by atoms with E-state index in [1.807, 2.05) is 0 Å². The number of benzene rings is 1. The largest absolute Gasteiger partial charge is 0.389 e. The predicted octanol–water partition coefficient (Wildman–Crippen LogP) is 0.255. The number of carbonyl (C=O) groups excluding carboxylic acids is 1. The number of likely N-dealkylation sites (N-methyl/N-ethyl adjacent to an activating group) is 1. The topological polar surface area (TPSA) is 86.7 Å². The van der Waals surface area contributed by atoms with Crippen LogP contribution in [0.3, 0.4) is 0 Å². The quantitative estimate of drug-likeness (QED) is 0.834. The Bertz CT molecular complexity index is 647. The van der Waals surface area contributed by atoms with Gasteiger partial charge in [0.05, 0.1) is 16.9 Å². The summed E-state index contributed by atoms with van der Waals surface area (Å²) in [6.07, 6.45) is 0.209. The smallest absolute Gasteiger partial charge is 0.240 e. The van der Waals surface area contributed by atoms with Gasteiger partial charge in [0, 0.05) is 19.3 Å². The first-order valence-electron chi connectivity index (χ1n) is 6.22. The third-order valence-corrected chi connectivity index (χ3v) is 4.53. The summed E-state index contributed by atoms with van der Waals surface area (Å²) in [7, 11) is -2.03. The van der Waals surface area contributed by atoms with Crippen LogP contribution in [0.1, 0.15) is 19.4 Å². The van der Waals surface area contributed by atoms with E-state index in [1.54, 1.807) is 13.1 Å². The van der Waals surface area contributed by atoms with E-state index >= 15 is 0 Å². The summed E-state index contributed by atoms with van der Waals surface area (Å²) in [5.74, 6) is -0.0565. The Morgan fingerprint density at radius 1 is 1.40 bits per heavy atom. The minimum absolute atomic E-state index is 0.0565. The van der Waals surface area contributed by atoms with E-state index in [9.17, 15) is 18.3 Å². The highest BCUT2D eigenvalue weighted by Gasteiger charge is 2.26. The molecule has 1 heterocycles. The van der Waals surface area contributed by atoms with Crippen molar-refractivity contribution in [3.8, 4) is 0 Å². The Balaban J connectivity index is 2.27. The molecule has 1 aromatic carbocycles. The number of anilines is 1. The number of nitrogens with zero attached hydrogens (tertiary/aromatic N) is 1. The molecule has 0 aliphatic carbocycles. The molecule has 1 aliphatic rings. The van der Waals surface area contributed by atoms with Gasteiger partial charge in [-0.3, -0.25) is 4.79 Å². The number of aliphatic hydroxyl groups is 1. The molecule has 0 radical (unpaired) electrons. The minimum Gasteiger partial charge on any atom is -0.389 e. The highest BCUT2D eigenvalue weighted by Crippen LogP contribution is 2.29. The molecule has 0 saturated carbocycles. The molecule has 0 aromatic heterocycles. The Morgan fingerprint density at radius 3 is 2.65 bits per heavy atom. The summed E-state index contributed by atoms with van der Waals surface area (Å²) >= 11 is 0. The molecule has 1 aromatic rings. The van der Waals surface area contributed by atoms with Crippen molar-refractivity contribution in [2.45, 2.75) is 30.8 Å². The molecule has 2 N–H and O–H groups in total. The van der Waals surface area contributed by atoms with Gasteiger partial charge in [-0.2, -0.15) is 0 Å². The highest BCUT2D eigenvalue weighted by atomic mass is 32.2. The lowest BCUT2D eigenvalue weighted by molar-refractivity contribution is -0.117. The van der Waals surface area contributed by atoms with Crippen molar-refractivity contribution in [2.24, 2.45) is 0 Å². The summed E-state index contributed by atoms with van der Waals surface area (Å²) in [6, 6.07) is 4.59. The summed E-state index contributed by atoms with van der Waals surface area (Å²) in [5, 5.41) is 9.57. The van der Waals surface area contributed by atoms with Crippen LogP contribution < -0.4 is 9.62 Å². The first-order chi connectivity index (χ1) is 9.10. The number of amides is 1. The predicted molar refractivity (Wildman–Crippen MR) is 75.0 cm³/mol. The molecular weight excluding hydrogens is 280 g/mol. The van der Waals surface area contributed by atoms with Gasteiger partial charge in [0.1, 0.15) is 0 Å². The second-order valence-electron chi connectivity index (χ2n) is 5.56. The van der Waals surface area contributed by atoms with Gasteiger partial charge < -0.3 is 10.0 Å². The number of rotatable bonds is 4.